The highest BCUT2D eigenvalue weighted by molar-refractivity contribution is 7.77. The molecule has 2 unspecified atom stereocenters. The fourth-order valence-corrected chi connectivity index (χ4v) is 11.0. The molecule has 6 aromatic carbocycles. The summed E-state index contributed by atoms with van der Waals surface area (Å²) < 4.78 is 0. The summed E-state index contributed by atoms with van der Waals surface area (Å²) in [5.41, 5.74) is 4.60. The van der Waals surface area contributed by atoms with Crippen LogP contribution in [0.5, 0.6) is 5.75 Å². The highest BCUT2D eigenvalue weighted by atomic mass is 31.1. The van der Waals surface area contributed by atoms with Crippen molar-refractivity contribution >= 4 is 51.4 Å². The molecule has 0 aliphatic carbocycles. The number of phenols is 1. The molecule has 2 nitrogen and oxygen atoms in total. The van der Waals surface area contributed by atoms with Crippen molar-refractivity contribution in [1.29, 1.82) is 0 Å². The normalized spacial score (nSPS) is 20.0. The molecule has 1 aliphatic heterocycles. The van der Waals surface area contributed by atoms with E-state index >= 15 is 0 Å². The third kappa shape index (κ3) is 4.86. The summed E-state index contributed by atoms with van der Waals surface area (Å²) in [6.45, 7) is 14.1. The average Bonchev–Trinajstić information content (AvgIpc) is 3.41. The molecule has 7 rings (SSSR count). The first-order chi connectivity index (χ1) is 21.5. The second-order valence-corrected chi connectivity index (χ2v) is 17.7. The van der Waals surface area contributed by atoms with E-state index in [9.17, 15) is 5.11 Å². The van der Waals surface area contributed by atoms with Gasteiger partial charge in [-0.2, -0.15) is 0 Å². The molecule has 1 heterocycles. The van der Waals surface area contributed by atoms with Crippen molar-refractivity contribution in [3.63, 3.8) is 0 Å². The van der Waals surface area contributed by atoms with Crippen molar-refractivity contribution in [3.05, 3.63) is 121 Å². The van der Waals surface area contributed by atoms with Crippen molar-refractivity contribution in [2.45, 2.75) is 58.5 Å². The lowest BCUT2D eigenvalue weighted by atomic mass is 9.61. The Bertz CT molecular complexity index is 2060. The maximum absolute atomic E-state index is 12.6. The van der Waals surface area contributed by atoms with E-state index in [0.717, 1.165) is 45.7 Å². The number of hydrogen-bond acceptors (Lipinski definition) is 2. The second kappa shape index (κ2) is 10.8. The van der Waals surface area contributed by atoms with Crippen molar-refractivity contribution < 1.29 is 5.11 Å². The van der Waals surface area contributed by atoms with Crippen LogP contribution in [-0.4, -0.2) is 21.9 Å². The van der Waals surface area contributed by atoms with Crippen LogP contribution >= 0.6 is 7.92 Å². The smallest absolute Gasteiger partial charge is 0.127 e. The standard InChI is InChI=1S/C42H42NOP/c1-40(2,3)42(24-25-45(41(4,5)6)39(42)43-32-23-22-28-14-7-8-15-29(28)27-32)36-21-13-20-35(38(36)44)37-33-18-11-9-16-30(33)26-31-17-10-12-19-34(31)37/h7-23,26-27,44H,24-25H2,1-6H3. The molecule has 3 heteroatoms. The van der Waals surface area contributed by atoms with Crippen molar-refractivity contribution in [2.24, 2.45) is 10.4 Å². The summed E-state index contributed by atoms with van der Waals surface area (Å²) in [7, 11) is -0.586. The first kappa shape index (κ1) is 29.7. The minimum atomic E-state index is -0.586. The van der Waals surface area contributed by atoms with Crippen molar-refractivity contribution in [2.75, 3.05) is 6.16 Å². The molecule has 2 atom stereocenters. The largest absolute Gasteiger partial charge is 0.507 e. The van der Waals surface area contributed by atoms with Crippen LogP contribution in [0.3, 0.4) is 0 Å². The molecule has 0 saturated carbocycles. The molecule has 0 bridgehead atoms. The third-order valence-electron chi connectivity index (χ3n) is 9.94. The molecule has 1 fully saturated rings. The first-order valence-corrected chi connectivity index (χ1v) is 17.6. The summed E-state index contributed by atoms with van der Waals surface area (Å²) in [4.78, 5) is 5.63. The molecule has 1 saturated heterocycles. The molecule has 45 heavy (non-hydrogen) atoms. The molecule has 0 amide bonds. The molecule has 0 radical (unpaired) electrons. The first-order valence-electron chi connectivity index (χ1n) is 16.1. The Morgan fingerprint density at radius 1 is 0.644 bits per heavy atom. The van der Waals surface area contributed by atoms with Gasteiger partial charge >= 0.3 is 0 Å². The molecule has 0 spiro atoms. The number of rotatable bonds is 3. The van der Waals surface area contributed by atoms with E-state index in [2.05, 4.69) is 157 Å². The van der Waals surface area contributed by atoms with Crippen molar-refractivity contribution in [3.8, 4) is 16.9 Å². The van der Waals surface area contributed by atoms with Crippen LogP contribution in [0.15, 0.2) is 120 Å². The van der Waals surface area contributed by atoms with Crippen LogP contribution in [0.1, 0.15) is 53.5 Å². The van der Waals surface area contributed by atoms with E-state index in [0.29, 0.717) is 5.75 Å². The van der Waals surface area contributed by atoms with E-state index in [1.165, 1.54) is 27.0 Å². The Hall–Kier alpha value is -4.00. The zero-order valence-corrected chi connectivity index (χ0v) is 28.1. The Labute approximate surface area is 268 Å². The number of para-hydroxylation sites is 1. The van der Waals surface area contributed by atoms with Crippen LogP contribution in [0, 0.1) is 5.41 Å². The van der Waals surface area contributed by atoms with E-state index in [-0.39, 0.29) is 10.6 Å². The highest BCUT2D eigenvalue weighted by Crippen LogP contribution is 2.68. The summed E-state index contributed by atoms with van der Waals surface area (Å²) >= 11 is 0. The van der Waals surface area contributed by atoms with Crippen LogP contribution in [-0.2, 0) is 5.41 Å². The summed E-state index contributed by atoms with van der Waals surface area (Å²) in [5.74, 6) is 0.380. The van der Waals surface area contributed by atoms with Crippen LogP contribution in [0.4, 0.5) is 5.69 Å². The summed E-state index contributed by atoms with van der Waals surface area (Å²) in [5, 5.41) is 19.8. The molecule has 1 aliphatic rings. The molecule has 1 N–H and O–H groups in total. The molecule has 226 valence electrons. The van der Waals surface area contributed by atoms with Gasteiger partial charge in [-0.25, -0.2) is 0 Å². The monoisotopic (exact) mass is 607 g/mol. The van der Waals surface area contributed by atoms with E-state index in [1.807, 2.05) is 0 Å². The van der Waals surface area contributed by atoms with Gasteiger partial charge in [-0.15, -0.1) is 0 Å². The van der Waals surface area contributed by atoms with E-state index < -0.39 is 13.3 Å². The van der Waals surface area contributed by atoms with Gasteiger partial charge in [0.05, 0.1) is 11.1 Å². The van der Waals surface area contributed by atoms with Crippen molar-refractivity contribution in [1.82, 2.24) is 0 Å². The fourth-order valence-electron chi connectivity index (χ4n) is 7.67. The van der Waals surface area contributed by atoms with Crippen LogP contribution in [0.2, 0.25) is 0 Å². The lowest BCUT2D eigenvalue weighted by molar-refractivity contribution is 0.253. The number of nitrogens with zero attached hydrogens (tertiary/aromatic N) is 1. The molecule has 6 aromatic rings. The summed E-state index contributed by atoms with van der Waals surface area (Å²) in [6, 6.07) is 40.9. The lowest BCUT2D eigenvalue weighted by Crippen LogP contribution is -2.44. The third-order valence-corrected chi connectivity index (χ3v) is 13.2. The van der Waals surface area contributed by atoms with Gasteiger partial charge in [-0.1, -0.05) is 147 Å². The Morgan fingerprint density at radius 3 is 1.87 bits per heavy atom. The predicted octanol–water partition coefficient (Wildman–Crippen LogP) is 12.2. The minimum absolute atomic E-state index is 0.0804. The Kier molecular flexibility index (Phi) is 7.14. The van der Waals surface area contributed by atoms with Crippen LogP contribution in [0.25, 0.3) is 43.4 Å². The fraction of sp³-hybridized carbons (Fsp3) is 0.262. The Morgan fingerprint density at radius 2 is 1.24 bits per heavy atom. The van der Waals surface area contributed by atoms with Gasteiger partial charge in [0.2, 0.25) is 0 Å². The maximum Gasteiger partial charge on any atom is 0.127 e. The average molecular weight is 608 g/mol. The SMILES string of the molecule is CC(C)(C)P1CCC(c2cccc(-c3c4ccccc4cc4ccccc34)c2O)(C(C)(C)C)C1=Nc1ccc2ccccc2c1. The molecular weight excluding hydrogens is 565 g/mol. The van der Waals surface area contributed by atoms with Gasteiger partial charge in [-0.05, 0) is 73.7 Å². The second-order valence-electron chi connectivity index (χ2n) is 14.6. The number of fused-ring (bicyclic) bond motifs is 3. The van der Waals surface area contributed by atoms with Gasteiger partial charge in [0.1, 0.15) is 5.75 Å². The quantitative estimate of drug-likeness (QED) is 0.158. The zero-order chi connectivity index (χ0) is 31.6. The topological polar surface area (TPSA) is 32.6 Å². The maximum atomic E-state index is 12.6. The van der Waals surface area contributed by atoms with Gasteiger partial charge in [0.15, 0.2) is 0 Å². The number of benzene rings is 6. The molecule has 0 aromatic heterocycles. The number of hydrogen-bond donors (Lipinski definition) is 1. The van der Waals surface area contributed by atoms with Gasteiger partial charge in [0, 0.05) is 22.1 Å². The number of aromatic hydroxyl groups is 1. The summed E-state index contributed by atoms with van der Waals surface area (Å²) in [6.07, 6.45) is 2.04. The highest BCUT2D eigenvalue weighted by Gasteiger charge is 2.57. The lowest BCUT2D eigenvalue weighted by Gasteiger charge is -2.45. The number of phenolic OH excluding ortho intramolecular Hbond substituents is 1. The van der Waals surface area contributed by atoms with Gasteiger partial charge in [-0.3, -0.25) is 4.99 Å². The van der Waals surface area contributed by atoms with Gasteiger partial charge in [0.25, 0.3) is 0 Å². The predicted molar refractivity (Wildman–Crippen MR) is 197 cm³/mol. The minimum Gasteiger partial charge on any atom is -0.507 e. The van der Waals surface area contributed by atoms with Crippen LogP contribution < -0.4 is 0 Å². The number of aliphatic imine (C=N–C) groups is 1. The van der Waals surface area contributed by atoms with E-state index in [1.54, 1.807) is 0 Å². The Balaban J connectivity index is 1.52. The molecular formula is C42H42NOP. The zero-order valence-electron chi connectivity index (χ0n) is 27.2. The van der Waals surface area contributed by atoms with E-state index in [4.69, 9.17) is 4.99 Å². The van der Waals surface area contributed by atoms with Gasteiger partial charge < -0.3 is 5.11 Å².